The molecule has 0 bridgehead atoms. The summed E-state index contributed by atoms with van der Waals surface area (Å²) in [6, 6.07) is 10.0. The highest BCUT2D eigenvalue weighted by atomic mass is 32.2. The summed E-state index contributed by atoms with van der Waals surface area (Å²) < 4.78 is 19.6. The van der Waals surface area contributed by atoms with Crippen molar-refractivity contribution in [1.82, 2.24) is 4.90 Å². The summed E-state index contributed by atoms with van der Waals surface area (Å²) >= 11 is 6.87. The molecule has 4 rings (SSSR count). The maximum Gasteiger partial charge on any atom is 0.266 e. The van der Waals surface area contributed by atoms with E-state index >= 15 is 0 Å². The summed E-state index contributed by atoms with van der Waals surface area (Å²) in [6.45, 7) is 0. The van der Waals surface area contributed by atoms with Gasteiger partial charge < -0.3 is 4.42 Å². The lowest BCUT2D eigenvalue weighted by molar-refractivity contribution is -0.123. The van der Waals surface area contributed by atoms with Gasteiger partial charge in [0, 0.05) is 17.7 Å². The molecule has 0 N–H and O–H groups in total. The molecule has 28 heavy (non-hydrogen) atoms. The molecule has 0 radical (unpaired) electrons. The van der Waals surface area contributed by atoms with E-state index in [1.807, 2.05) is 17.0 Å². The number of carbonyl (C=O) groups excluding carboxylic acids is 1. The van der Waals surface area contributed by atoms with E-state index < -0.39 is 0 Å². The molecule has 6 heteroatoms. The molecule has 0 spiro atoms. The van der Waals surface area contributed by atoms with Crippen LogP contribution in [0.15, 0.2) is 45.7 Å². The van der Waals surface area contributed by atoms with E-state index in [2.05, 4.69) is 0 Å². The summed E-state index contributed by atoms with van der Waals surface area (Å²) in [5.74, 6) is 0.938. The fourth-order valence-corrected chi connectivity index (χ4v) is 5.20. The molecule has 2 aliphatic rings. The molecule has 1 saturated carbocycles. The minimum absolute atomic E-state index is 0.0136. The van der Waals surface area contributed by atoms with Gasteiger partial charge in [-0.1, -0.05) is 56.1 Å². The second-order valence-corrected chi connectivity index (χ2v) is 8.94. The van der Waals surface area contributed by atoms with E-state index in [9.17, 15) is 9.18 Å². The van der Waals surface area contributed by atoms with E-state index in [0.29, 0.717) is 20.7 Å². The van der Waals surface area contributed by atoms with Crippen LogP contribution in [-0.2, 0) is 4.79 Å². The number of halogens is 1. The molecule has 1 aromatic carbocycles. The Bertz CT molecular complexity index is 896. The molecule has 1 saturated heterocycles. The lowest BCUT2D eigenvalue weighted by Crippen LogP contribution is -2.39. The van der Waals surface area contributed by atoms with E-state index in [4.69, 9.17) is 16.6 Å². The van der Waals surface area contributed by atoms with Crippen molar-refractivity contribution in [2.24, 2.45) is 0 Å². The van der Waals surface area contributed by atoms with Gasteiger partial charge in [0.05, 0.1) is 4.91 Å². The van der Waals surface area contributed by atoms with Crippen molar-refractivity contribution >= 4 is 40.3 Å². The lowest BCUT2D eigenvalue weighted by Gasteiger charge is -2.28. The van der Waals surface area contributed by atoms with Gasteiger partial charge in [-0.2, -0.15) is 0 Å². The summed E-state index contributed by atoms with van der Waals surface area (Å²) in [4.78, 5) is 15.4. The van der Waals surface area contributed by atoms with Crippen molar-refractivity contribution in [2.45, 2.75) is 51.0 Å². The molecule has 146 valence electrons. The average molecular weight is 416 g/mol. The topological polar surface area (TPSA) is 33.5 Å². The predicted octanol–water partition coefficient (Wildman–Crippen LogP) is 6.40. The summed E-state index contributed by atoms with van der Waals surface area (Å²) in [5, 5.41) is 0. The Morgan fingerprint density at radius 1 is 1.04 bits per heavy atom. The first-order chi connectivity index (χ1) is 13.6. The number of amides is 1. The highest BCUT2D eigenvalue weighted by Crippen LogP contribution is 2.37. The largest absolute Gasteiger partial charge is 0.457 e. The number of hydrogen-bond donors (Lipinski definition) is 0. The Hall–Kier alpha value is -1.92. The molecule has 1 aliphatic carbocycles. The molecule has 1 aliphatic heterocycles. The van der Waals surface area contributed by atoms with Crippen LogP contribution in [0.5, 0.6) is 0 Å². The van der Waals surface area contributed by atoms with Crippen LogP contribution in [0.4, 0.5) is 4.39 Å². The van der Waals surface area contributed by atoms with Crippen molar-refractivity contribution in [3.05, 3.63) is 52.9 Å². The van der Waals surface area contributed by atoms with Gasteiger partial charge in [-0.05, 0) is 49.2 Å². The fraction of sp³-hybridized carbons (Fsp3) is 0.364. The summed E-state index contributed by atoms with van der Waals surface area (Å²) in [7, 11) is 0. The Morgan fingerprint density at radius 2 is 1.71 bits per heavy atom. The first-order valence-corrected chi connectivity index (χ1v) is 11.0. The van der Waals surface area contributed by atoms with Crippen molar-refractivity contribution in [3.8, 4) is 11.3 Å². The number of benzene rings is 1. The van der Waals surface area contributed by atoms with E-state index in [1.165, 1.54) is 43.2 Å². The quantitative estimate of drug-likeness (QED) is 0.429. The second-order valence-electron chi connectivity index (χ2n) is 7.26. The first-order valence-electron chi connectivity index (χ1n) is 9.75. The van der Waals surface area contributed by atoms with Crippen molar-refractivity contribution in [1.29, 1.82) is 0 Å². The highest BCUT2D eigenvalue weighted by molar-refractivity contribution is 8.26. The van der Waals surface area contributed by atoms with Crippen LogP contribution in [0.3, 0.4) is 0 Å². The highest BCUT2D eigenvalue weighted by Gasteiger charge is 2.37. The van der Waals surface area contributed by atoms with Crippen molar-refractivity contribution in [3.63, 3.8) is 0 Å². The maximum absolute atomic E-state index is 13.1. The molecule has 2 heterocycles. The molecular formula is C22H22FNO2S2. The molecule has 1 amide bonds. The van der Waals surface area contributed by atoms with Crippen LogP contribution in [0, 0.1) is 5.82 Å². The molecular weight excluding hydrogens is 393 g/mol. The van der Waals surface area contributed by atoms with Gasteiger partial charge in [0.2, 0.25) is 0 Å². The van der Waals surface area contributed by atoms with Gasteiger partial charge in [-0.3, -0.25) is 9.69 Å². The van der Waals surface area contributed by atoms with Gasteiger partial charge in [0.25, 0.3) is 5.91 Å². The van der Waals surface area contributed by atoms with Crippen LogP contribution in [0.2, 0.25) is 0 Å². The number of nitrogens with zero attached hydrogens (tertiary/aromatic N) is 1. The molecule has 3 nitrogen and oxygen atoms in total. The predicted molar refractivity (Wildman–Crippen MR) is 115 cm³/mol. The van der Waals surface area contributed by atoms with Gasteiger partial charge in [0.1, 0.15) is 21.7 Å². The third-order valence-corrected chi connectivity index (χ3v) is 6.62. The van der Waals surface area contributed by atoms with Crippen molar-refractivity contribution < 1.29 is 13.6 Å². The first kappa shape index (κ1) is 19.4. The Labute approximate surface area is 174 Å². The minimum Gasteiger partial charge on any atom is -0.457 e. The normalized spacial score (nSPS) is 20.6. The van der Waals surface area contributed by atoms with E-state index in [-0.39, 0.29) is 17.8 Å². The minimum atomic E-state index is -0.284. The Balaban J connectivity index is 1.51. The number of furan rings is 1. The van der Waals surface area contributed by atoms with Crippen LogP contribution in [0.25, 0.3) is 17.4 Å². The Morgan fingerprint density at radius 3 is 2.43 bits per heavy atom. The smallest absolute Gasteiger partial charge is 0.266 e. The van der Waals surface area contributed by atoms with E-state index in [1.54, 1.807) is 18.2 Å². The number of hydrogen-bond acceptors (Lipinski definition) is 4. The van der Waals surface area contributed by atoms with Crippen molar-refractivity contribution in [2.75, 3.05) is 0 Å². The second kappa shape index (κ2) is 8.62. The van der Waals surface area contributed by atoms with Gasteiger partial charge in [0.15, 0.2) is 0 Å². The zero-order chi connectivity index (χ0) is 19.5. The molecule has 0 unspecified atom stereocenters. The SMILES string of the molecule is O=C1C(=Cc2ccc(-c3ccc(F)cc3)o2)SC(=S)N1C1CCCCCCC1. The van der Waals surface area contributed by atoms with Gasteiger partial charge >= 0.3 is 0 Å². The number of thioether (sulfide) groups is 1. The summed E-state index contributed by atoms with van der Waals surface area (Å²) in [6.07, 6.45) is 9.87. The van der Waals surface area contributed by atoms with Gasteiger partial charge in [-0.25, -0.2) is 4.39 Å². The molecule has 0 atom stereocenters. The van der Waals surface area contributed by atoms with Gasteiger partial charge in [-0.15, -0.1) is 0 Å². The van der Waals surface area contributed by atoms with Crippen LogP contribution < -0.4 is 0 Å². The average Bonchev–Trinajstić information content (AvgIpc) is 3.22. The fourth-order valence-electron chi connectivity index (χ4n) is 3.82. The number of rotatable bonds is 3. The number of thiocarbonyl (C=S) groups is 1. The van der Waals surface area contributed by atoms with Crippen LogP contribution >= 0.6 is 24.0 Å². The van der Waals surface area contributed by atoms with E-state index in [0.717, 1.165) is 31.2 Å². The maximum atomic E-state index is 13.1. The van der Waals surface area contributed by atoms with Crippen LogP contribution in [-0.4, -0.2) is 21.2 Å². The molecule has 2 fully saturated rings. The zero-order valence-electron chi connectivity index (χ0n) is 15.5. The lowest BCUT2D eigenvalue weighted by atomic mass is 9.96. The summed E-state index contributed by atoms with van der Waals surface area (Å²) in [5.41, 5.74) is 0.795. The Kier molecular flexibility index (Phi) is 5.97. The zero-order valence-corrected chi connectivity index (χ0v) is 17.2. The third-order valence-electron chi connectivity index (χ3n) is 5.29. The van der Waals surface area contributed by atoms with Crippen LogP contribution in [0.1, 0.15) is 50.7 Å². The molecule has 2 aromatic rings. The number of carbonyl (C=O) groups is 1. The standard InChI is InChI=1S/C22H22FNO2S2/c23-16-10-8-15(9-11-16)19-13-12-18(26-19)14-20-21(25)24(22(27)28-20)17-6-4-2-1-3-5-7-17/h8-14,17H,1-7H2. The monoisotopic (exact) mass is 415 g/mol. The molecule has 1 aromatic heterocycles. The third kappa shape index (κ3) is 4.23.